The standard InChI is InChI=1S/C11H17ClN4O3S/c1-7(2)16(3)20(18,19)15-10-5-4-8(6-9(10)12)11(13)14-17/h4-7,15,17H,1-3H3,(H2,13,14). The van der Waals surface area contributed by atoms with Crippen LogP contribution < -0.4 is 10.5 Å². The summed E-state index contributed by atoms with van der Waals surface area (Å²) in [5, 5.41) is 11.6. The van der Waals surface area contributed by atoms with Gasteiger partial charge in [0.2, 0.25) is 0 Å². The van der Waals surface area contributed by atoms with Gasteiger partial charge in [0.25, 0.3) is 0 Å². The largest absolute Gasteiger partial charge is 0.409 e. The molecular formula is C11H17ClN4O3S. The molecule has 0 unspecified atom stereocenters. The molecule has 9 heteroatoms. The Hall–Kier alpha value is -1.51. The van der Waals surface area contributed by atoms with Crippen molar-refractivity contribution >= 4 is 33.3 Å². The minimum absolute atomic E-state index is 0.111. The van der Waals surface area contributed by atoms with E-state index in [1.807, 2.05) is 0 Å². The number of nitrogens with one attached hydrogen (secondary N) is 1. The maximum Gasteiger partial charge on any atom is 0.301 e. The number of amidine groups is 1. The predicted molar refractivity (Wildman–Crippen MR) is 79.4 cm³/mol. The Kier molecular flexibility index (Phi) is 5.21. The number of anilines is 1. The normalized spacial score (nSPS) is 13.0. The summed E-state index contributed by atoms with van der Waals surface area (Å²) in [5.74, 6) is -0.111. The molecular weight excluding hydrogens is 304 g/mol. The van der Waals surface area contributed by atoms with Gasteiger partial charge in [0.1, 0.15) is 0 Å². The molecule has 1 aromatic rings. The second-order valence-electron chi connectivity index (χ2n) is 4.40. The molecule has 0 aliphatic rings. The highest BCUT2D eigenvalue weighted by Crippen LogP contribution is 2.24. The molecule has 0 saturated carbocycles. The lowest BCUT2D eigenvalue weighted by atomic mass is 10.2. The Morgan fingerprint density at radius 1 is 1.50 bits per heavy atom. The van der Waals surface area contributed by atoms with E-state index in [4.69, 9.17) is 22.5 Å². The minimum atomic E-state index is -3.69. The van der Waals surface area contributed by atoms with Gasteiger partial charge in [-0.2, -0.15) is 12.7 Å². The third-order valence-electron chi connectivity index (χ3n) is 2.72. The fourth-order valence-electron chi connectivity index (χ4n) is 1.30. The molecule has 20 heavy (non-hydrogen) atoms. The third-order valence-corrected chi connectivity index (χ3v) is 4.69. The van der Waals surface area contributed by atoms with E-state index >= 15 is 0 Å². The summed E-state index contributed by atoms with van der Waals surface area (Å²) >= 11 is 5.98. The molecule has 1 aromatic carbocycles. The van der Waals surface area contributed by atoms with Gasteiger partial charge in [-0.3, -0.25) is 4.72 Å². The molecule has 0 atom stereocenters. The van der Waals surface area contributed by atoms with Crippen LogP contribution in [0.15, 0.2) is 23.4 Å². The Morgan fingerprint density at radius 3 is 2.55 bits per heavy atom. The van der Waals surface area contributed by atoms with Gasteiger partial charge in [-0.05, 0) is 32.0 Å². The number of nitrogens with two attached hydrogens (primary N) is 1. The molecule has 1 rings (SSSR count). The first kappa shape index (κ1) is 16.5. The van der Waals surface area contributed by atoms with Crippen molar-refractivity contribution in [3.8, 4) is 0 Å². The predicted octanol–water partition coefficient (Wildman–Crippen LogP) is 1.43. The number of halogens is 1. The summed E-state index contributed by atoms with van der Waals surface area (Å²) in [5.41, 5.74) is 6.03. The topological polar surface area (TPSA) is 108 Å². The molecule has 0 amide bonds. The summed E-state index contributed by atoms with van der Waals surface area (Å²) in [7, 11) is -2.22. The highest BCUT2D eigenvalue weighted by Gasteiger charge is 2.21. The minimum Gasteiger partial charge on any atom is -0.409 e. The molecule has 0 fully saturated rings. The summed E-state index contributed by atoms with van der Waals surface area (Å²) in [6.07, 6.45) is 0. The number of oxime groups is 1. The van der Waals surface area contributed by atoms with Crippen molar-refractivity contribution in [2.24, 2.45) is 10.9 Å². The van der Waals surface area contributed by atoms with Gasteiger partial charge >= 0.3 is 10.2 Å². The van der Waals surface area contributed by atoms with E-state index in [0.29, 0.717) is 5.56 Å². The van der Waals surface area contributed by atoms with Crippen LogP contribution >= 0.6 is 11.6 Å². The van der Waals surface area contributed by atoms with Gasteiger partial charge in [0.15, 0.2) is 5.84 Å². The number of hydrogen-bond acceptors (Lipinski definition) is 4. The average molecular weight is 321 g/mol. The molecule has 0 aliphatic carbocycles. The maximum atomic E-state index is 12.0. The van der Waals surface area contributed by atoms with E-state index in [0.717, 1.165) is 0 Å². The first-order chi connectivity index (χ1) is 9.19. The number of benzene rings is 1. The first-order valence-electron chi connectivity index (χ1n) is 5.72. The Labute approximate surface area is 123 Å². The lowest BCUT2D eigenvalue weighted by molar-refractivity contribution is 0.318. The van der Waals surface area contributed by atoms with Crippen molar-refractivity contribution in [2.45, 2.75) is 19.9 Å². The molecule has 0 bridgehead atoms. The van der Waals surface area contributed by atoms with Gasteiger partial charge in [0, 0.05) is 18.7 Å². The fourth-order valence-corrected chi connectivity index (χ4v) is 2.74. The SMILES string of the molecule is CC(C)N(C)S(=O)(=O)Nc1ccc(/C(N)=N/O)cc1Cl. The molecule has 0 radical (unpaired) electrons. The number of rotatable bonds is 5. The van der Waals surface area contributed by atoms with Gasteiger partial charge in [0.05, 0.1) is 10.7 Å². The summed E-state index contributed by atoms with van der Waals surface area (Å²) in [4.78, 5) is 0. The van der Waals surface area contributed by atoms with Gasteiger partial charge in [-0.25, -0.2) is 0 Å². The van der Waals surface area contributed by atoms with Crippen LogP contribution in [0, 0.1) is 0 Å². The Morgan fingerprint density at radius 2 is 2.10 bits per heavy atom. The Bertz CT molecular complexity index is 616. The first-order valence-corrected chi connectivity index (χ1v) is 7.54. The van der Waals surface area contributed by atoms with Crippen LogP contribution in [0.4, 0.5) is 5.69 Å². The van der Waals surface area contributed by atoms with Crippen LogP contribution in [0.5, 0.6) is 0 Å². The molecule has 7 nitrogen and oxygen atoms in total. The van der Waals surface area contributed by atoms with E-state index in [-0.39, 0.29) is 22.6 Å². The lowest BCUT2D eigenvalue weighted by Gasteiger charge is -2.22. The summed E-state index contributed by atoms with van der Waals surface area (Å²) in [6, 6.07) is 4.15. The number of hydrogen-bond donors (Lipinski definition) is 3. The van der Waals surface area contributed by atoms with Gasteiger partial charge in [-0.1, -0.05) is 16.8 Å². The van der Waals surface area contributed by atoms with Crippen LogP contribution in [0.1, 0.15) is 19.4 Å². The monoisotopic (exact) mass is 320 g/mol. The van der Waals surface area contributed by atoms with Crippen LogP contribution in [-0.4, -0.2) is 36.9 Å². The van der Waals surface area contributed by atoms with E-state index < -0.39 is 10.2 Å². The highest BCUT2D eigenvalue weighted by molar-refractivity contribution is 7.90. The van der Waals surface area contributed by atoms with Crippen molar-refractivity contribution in [1.82, 2.24) is 4.31 Å². The maximum absolute atomic E-state index is 12.0. The van der Waals surface area contributed by atoms with Crippen molar-refractivity contribution in [3.05, 3.63) is 28.8 Å². The van der Waals surface area contributed by atoms with Crippen molar-refractivity contribution < 1.29 is 13.6 Å². The van der Waals surface area contributed by atoms with E-state index in [2.05, 4.69) is 9.88 Å². The van der Waals surface area contributed by atoms with Gasteiger partial charge in [-0.15, -0.1) is 0 Å². The average Bonchev–Trinajstić information content (AvgIpc) is 2.38. The second-order valence-corrected chi connectivity index (χ2v) is 6.53. The van der Waals surface area contributed by atoms with Crippen LogP contribution in [0.2, 0.25) is 5.02 Å². The molecule has 0 saturated heterocycles. The zero-order valence-corrected chi connectivity index (χ0v) is 12.9. The van der Waals surface area contributed by atoms with Crippen molar-refractivity contribution in [2.75, 3.05) is 11.8 Å². The zero-order chi connectivity index (χ0) is 15.5. The van der Waals surface area contributed by atoms with Crippen molar-refractivity contribution in [3.63, 3.8) is 0 Å². The molecule has 112 valence electrons. The van der Waals surface area contributed by atoms with Crippen molar-refractivity contribution in [1.29, 1.82) is 0 Å². The van der Waals surface area contributed by atoms with Gasteiger partial charge < -0.3 is 10.9 Å². The quantitative estimate of drug-likeness (QED) is 0.330. The van der Waals surface area contributed by atoms with Crippen LogP contribution in [0.25, 0.3) is 0 Å². The van der Waals surface area contributed by atoms with E-state index in [9.17, 15) is 8.42 Å². The third kappa shape index (κ3) is 3.75. The fraction of sp³-hybridized carbons (Fsp3) is 0.364. The number of nitrogens with zero attached hydrogens (tertiary/aromatic N) is 2. The summed E-state index contributed by atoms with van der Waals surface area (Å²) < 4.78 is 27.6. The highest BCUT2D eigenvalue weighted by atomic mass is 35.5. The van der Waals surface area contributed by atoms with Crippen LogP contribution in [0.3, 0.4) is 0 Å². The molecule has 0 heterocycles. The zero-order valence-electron chi connectivity index (χ0n) is 11.3. The summed E-state index contributed by atoms with van der Waals surface area (Å²) in [6.45, 7) is 3.50. The van der Waals surface area contributed by atoms with E-state index in [1.165, 1.54) is 29.6 Å². The Balaban J connectivity index is 3.06. The second kappa shape index (κ2) is 6.29. The molecule has 0 aliphatic heterocycles. The lowest BCUT2D eigenvalue weighted by Crippen LogP contribution is -2.37. The van der Waals surface area contributed by atoms with Crippen LogP contribution in [-0.2, 0) is 10.2 Å². The van der Waals surface area contributed by atoms with E-state index in [1.54, 1.807) is 13.8 Å². The molecule has 4 N–H and O–H groups in total. The molecule has 0 aromatic heterocycles. The molecule has 0 spiro atoms. The smallest absolute Gasteiger partial charge is 0.301 e.